The van der Waals surface area contributed by atoms with E-state index in [4.69, 9.17) is 11.6 Å². The molecule has 2 unspecified atom stereocenters. The fourth-order valence-corrected chi connectivity index (χ4v) is 3.25. The van der Waals surface area contributed by atoms with Gasteiger partial charge < -0.3 is 5.32 Å². The molecule has 94 valence electrons. The zero-order valence-electron chi connectivity index (χ0n) is 10.4. The first kappa shape index (κ1) is 12.8. The number of nitrogens with one attached hydrogen (secondary N) is 1. The third-order valence-corrected chi connectivity index (χ3v) is 4.14. The summed E-state index contributed by atoms with van der Waals surface area (Å²) in [5, 5.41) is 4.15. The van der Waals surface area contributed by atoms with Gasteiger partial charge in [0.25, 0.3) is 0 Å². The van der Waals surface area contributed by atoms with Crippen molar-refractivity contribution in [1.82, 2.24) is 5.32 Å². The van der Waals surface area contributed by atoms with Gasteiger partial charge in [0.1, 0.15) is 5.82 Å². The van der Waals surface area contributed by atoms with E-state index in [9.17, 15) is 4.39 Å². The monoisotopic (exact) mass is 255 g/mol. The average molecular weight is 256 g/mol. The fraction of sp³-hybridized carbons (Fsp3) is 0.571. The maximum absolute atomic E-state index is 13.3. The van der Waals surface area contributed by atoms with Crippen LogP contribution < -0.4 is 5.32 Å². The van der Waals surface area contributed by atoms with Crippen LogP contribution in [0.2, 0.25) is 5.02 Å². The van der Waals surface area contributed by atoms with Crippen molar-refractivity contribution in [2.75, 3.05) is 6.54 Å². The van der Waals surface area contributed by atoms with Crippen molar-refractivity contribution >= 4 is 11.6 Å². The number of halogens is 2. The van der Waals surface area contributed by atoms with Crippen LogP contribution in [0, 0.1) is 5.82 Å². The van der Waals surface area contributed by atoms with Gasteiger partial charge in [0.05, 0.1) is 0 Å². The van der Waals surface area contributed by atoms with Crippen molar-refractivity contribution in [3.63, 3.8) is 0 Å². The molecule has 0 amide bonds. The van der Waals surface area contributed by atoms with Crippen LogP contribution in [0.25, 0.3) is 0 Å². The van der Waals surface area contributed by atoms with Crippen molar-refractivity contribution in [3.05, 3.63) is 34.6 Å². The molecule has 17 heavy (non-hydrogen) atoms. The van der Waals surface area contributed by atoms with Crippen LogP contribution in [0.4, 0.5) is 4.39 Å². The summed E-state index contributed by atoms with van der Waals surface area (Å²) in [7, 11) is 0. The highest BCUT2D eigenvalue weighted by Gasteiger charge is 2.37. The van der Waals surface area contributed by atoms with Gasteiger partial charge in [-0.1, -0.05) is 25.4 Å². The van der Waals surface area contributed by atoms with Crippen LogP contribution in [-0.2, 0) is 5.41 Å². The Balaban J connectivity index is 2.24. The molecule has 1 saturated carbocycles. The molecule has 0 bridgehead atoms. The summed E-state index contributed by atoms with van der Waals surface area (Å²) < 4.78 is 13.3. The lowest BCUT2D eigenvalue weighted by Gasteiger charge is -2.26. The van der Waals surface area contributed by atoms with Crippen LogP contribution in [0.5, 0.6) is 0 Å². The van der Waals surface area contributed by atoms with Gasteiger partial charge in [0, 0.05) is 11.1 Å². The number of benzene rings is 1. The molecular formula is C14H19ClFN. The summed E-state index contributed by atoms with van der Waals surface area (Å²) in [6.45, 7) is 5.29. The summed E-state index contributed by atoms with van der Waals surface area (Å²) in [5.41, 5.74) is 0.964. The fourth-order valence-electron chi connectivity index (χ4n) is 2.91. The third kappa shape index (κ3) is 2.63. The Morgan fingerprint density at radius 2 is 2.29 bits per heavy atom. The molecule has 1 aromatic rings. The van der Waals surface area contributed by atoms with E-state index in [1.165, 1.54) is 6.07 Å². The SMILES string of the molecule is CCNC1CCC(C)(c2cc(F)ccc2Cl)C1. The van der Waals surface area contributed by atoms with E-state index in [2.05, 4.69) is 19.2 Å². The van der Waals surface area contributed by atoms with Crippen LogP contribution in [-0.4, -0.2) is 12.6 Å². The molecule has 1 aliphatic rings. The summed E-state index contributed by atoms with van der Waals surface area (Å²) in [6.07, 6.45) is 3.23. The largest absolute Gasteiger partial charge is 0.314 e. The molecule has 0 radical (unpaired) electrons. The number of rotatable bonds is 3. The molecule has 2 rings (SSSR count). The lowest BCUT2D eigenvalue weighted by atomic mass is 9.80. The summed E-state index contributed by atoms with van der Waals surface area (Å²) >= 11 is 6.20. The lowest BCUT2D eigenvalue weighted by molar-refractivity contribution is 0.455. The molecular weight excluding hydrogens is 237 g/mol. The van der Waals surface area contributed by atoms with Crippen LogP contribution >= 0.6 is 11.6 Å². The van der Waals surface area contributed by atoms with Gasteiger partial charge in [-0.05, 0) is 55.0 Å². The Hall–Kier alpha value is -0.600. The molecule has 1 fully saturated rings. The quantitative estimate of drug-likeness (QED) is 0.864. The van der Waals surface area contributed by atoms with Crippen molar-refractivity contribution < 1.29 is 4.39 Å². The van der Waals surface area contributed by atoms with E-state index in [1.54, 1.807) is 12.1 Å². The summed E-state index contributed by atoms with van der Waals surface area (Å²) in [6, 6.07) is 5.21. The second-order valence-electron chi connectivity index (χ2n) is 5.18. The van der Waals surface area contributed by atoms with E-state index in [0.29, 0.717) is 11.1 Å². The lowest BCUT2D eigenvalue weighted by Crippen LogP contribution is -2.28. The molecule has 0 aromatic heterocycles. The minimum atomic E-state index is -0.197. The third-order valence-electron chi connectivity index (χ3n) is 3.81. The molecule has 1 N–H and O–H groups in total. The van der Waals surface area contributed by atoms with E-state index in [-0.39, 0.29) is 11.2 Å². The van der Waals surface area contributed by atoms with Gasteiger partial charge >= 0.3 is 0 Å². The molecule has 3 heteroatoms. The van der Waals surface area contributed by atoms with Crippen LogP contribution in [0.1, 0.15) is 38.7 Å². The van der Waals surface area contributed by atoms with E-state index >= 15 is 0 Å². The van der Waals surface area contributed by atoms with E-state index < -0.39 is 0 Å². The number of hydrogen-bond acceptors (Lipinski definition) is 1. The van der Waals surface area contributed by atoms with Gasteiger partial charge in [-0.3, -0.25) is 0 Å². The Bertz CT molecular complexity index is 407. The molecule has 1 aliphatic carbocycles. The van der Waals surface area contributed by atoms with Crippen molar-refractivity contribution in [3.8, 4) is 0 Å². The predicted molar refractivity (Wildman–Crippen MR) is 70.1 cm³/mol. The minimum absolute atomic E-state index is 0.00597. The molecule has 2 atom stereocenters. The standard InChI is InChI=1S/C14H19ClFN/c1-3-17-11-6-7-14(2,9-11)12-8-10(16)4-5-13(12)15/h4-5,8,11,17H,3,6-7,9H2,1-2H3. The average Bonchev–Trinajstić information content (AvgIpc) is 2.66. The van der Waals surface area contributed by atoms with Crippen molar-refractivity contribution in [2.45, 2.75) is 44.6 Å². The van der Waals surface area contributed by atoms with E-state index in [0.717, 1.165) is 31.4 Å². The first-order chi connectivity index (χ1) is 8.05. The highest BCUT2D eigenvalue weighted by Crippen LogP contribution is 2.43. The van der Waals surface area contributed by atoms with Crippen molar-refractivity contribution in [1.29, 1.82) is 0 Å². The molecule has 1 nitrogen and oxygen atoms in total. The van der Waals surface area contributed by atoms with Gasteiger partial charge in [-0.2, -0.15) is 0 Å². The topological polar surface area (TPSA) is 12.0 Å². The minimum Gasteiger partial charge on any atom is -0.314 e. The Labute approximate surface area is 107 Å². The summed E-state index contributed by atoms with van der Waals surface area (Å²) in [4.78, 5) is 0. The van der Waals surface area contributed by atoms with Crippen LogP contribution in [0.15, 0.2) is 18.2 Å². The molecule has 0 saturated heterocycles. The number of hydrogen-bond donors (Lipinski definition) is 1. The van der Waals surface area contributed by atoms with Gasteiger partial charge in [-0.15, -0.1) is 0 Å². The Kier molecular flexibility index (Phi) is 3.74. The highest BCUT2D eigenvalue weighted by molar-refractivity contribution is 6.31. The molecule has 1 aromatic carbocycles. The maximum atomic E-state index is 13.3. The zero-order chi connectivity index (χ0) is 12.5. The normalized spacial score (nSPS) is 28.6. The highest BCUT2D eigenvalue weighted by atomic mass is 35.5. The predicted octanol–water partition coefficient (Wildman–Crippen LogP) is 3.90. The molecule has 0 aliphatic heterocycles. The first-order valence-corrected chi connectivity index (χ1v) is 6.62. The Morgan fingerprint density at radius 3 is 3.00 bits per heavy atom. The zero-order valence-corrected chi connectivity index (χ0v) is 11.1. The Morgan fingerprint density at radius 1 is 1.53 bits per heavy atom. The van der Waals surface area contributed by atoms with E-state index in [1.807, 2.05) is 0 Å². The van der Waals surface area contributed by atoms with Gasteiger partial charge in [0.15, 0.2) is 0 Å². The summed E-state index contributed by atoms with van der Waals surface area (Å²) in [5.74, 6) is -0.197. The van der Waals surface area contributed by atoms with Crippen molar-refractivity contribution in [2.24, 2.45) is 0 Å². The van der Waals surface area contributed by atoms with Gasteiger partial charge in [0.2, 0.25) is 0 Å². The molecule has 0 heterocycles. The second kappa shape index (κ2) is 4.95. The van der Waals surface area contributed by atoms with Crippen LogP contribution in [0.3, 0.4) is 0 Å². The smallest absolute Gasteiger partial charge is 0.123 e. The second-order valence-corrected chi connectivity index (χ2v) is 5.59. The first-order valence-electron chi connectivity index (χ1n) is 6.24. The molecule has 0 spiro atoms. The van der Waals surface area contributed by atoms with Gasteiger partial charge in [-0.25, -0.2) is 4.39 Å². The maximum Gasteiger partial charge on any atom is 0.123 e.